The predicted octanol–water partition coefficient (Wildman–Crippen LogP) is 5.19. The maximum atomic E-state index is 13.0. The number of benzene rings is 2. The van der Waals surface area contributed by atoms with Gasteiger partial charge in [0.1, 0.15) is 0 Å². The van der Waals surface area contributed by atoms with Gasteiger partial charge in [0.2, 0.25) is 0 Å². The van der Waals surface area contributed by atoms with E-state index >= 15 is 0 Å². The van der Waals surface area contributed by atoms with Crippen molar-refractivity contribution in [2.24, 2.45) is 0 Å². The Bertz CT molecular complexity index is 1560. The normalized spacial score (nSPS) is 15.7. The quantitative estimate of drug-likeness (QED) is 0.193. The zero-order chi connectivity index (χ0) is 31.1. The Balaban J connectivity index is 0.000000541. The smallest absolute Gasteiger partial charge is 0.475 e. The van der Waals surface area contributed by atoms with Crippen molar-refractivity contribution in [1.82, 2.24) is 20.8 Å². The number of alkyl halides is 3. The molecule has 1 unspecified atom stereocenters. The molecular formula is C29H31F3N6O4S. The molecule has 0 spiro atoms. The fourth-order valence-electron chi connectivity index (χ4n) is 4.53. The van der Waals surface area contributed by atoms with Gasteiger partial charge in [-0.05, 0) is 67.3 Å². The molecule has 5 N–H and O–H groups in total. The van der Waals surface area contributed by atoms with Crippen LogP contribution >= 0.6 is 11.3 Å². The average Bonchev–Trinajstić information content (AvgIpc) is 3.66. The lowest BCUT2D eigenvalue weighted by Crippen LogP contribution is -2.49. The molecule has 1 saturated heterocycles. The first kappa shape index (κ1) is 31.5. The minimum atomic E-state index is -5.08. The number of H-pyrrole nitrogens is 1. The van der Waals surface area contributed by atoms with E-state index in [1.54, 1.807) is 23.5 Å². The lowest BCUT2D eigenvalue weighted by Gasteiger charge is -2.33. The lowest BCUT2D eigenvalue weighted by atomic mass is 10.1. The summed E-state index contributed by atoms with van der Waals surface area (Å²) in [5, 5.41) is 26.5. The lowest BCUT2D eigenvalue weighted by molar-refractivity contribution is -0.192. The van der Waals surface area contributed by atoms with E-state index < -0.39 is 12.1 Å². The van der Waals surface area contributed by atoms with E-state index in [1.807, 2.05) is 54.8 Å². The van der Waals surface area contributed by atoms with Gasteiger partial charge in [-0.2, -0.15) is 18.3 Å². The maximum absolute atomic E-state index is 13.0. The molecular weight excluding hydrogens is 585 g/mol. The van der Waals surface area contributed by atoms with Crippen LogP contribution in [0.15, 0.2) is 60.0 Å². The zero-order valence-corrected chi connectivity index (χ0v) is 24.2. The first-order valence-electron chi connectivity index (χ1n) is 13.5. The van der Waals surface area contributed by atoms with Crippen molar-refractivity contribution in [1.29, 1.82) is 0 Å². The third kappa shape index (κ3) is 8.11. The Kier molecular flexibility index (Phi) is 10.0. The van der Waals surface area contributed by atoms with E-state index in [9.17, 15) is 22.8 Å². The molecule has 2 aromatic heterocycles. The third-order valence-corrected chi connectivity index (χ3v) is 7.75. The van der Waals surface area contributed by atoms with Crippen LogP contribution in [0.3, 0.4) is 0 Å². The molecule has 43 heavy (non-hydrogen) atoms. The van der Waals surface area contributed by atoms with Crippen LogP contribution in [-0.4, -0.2) is 64.9 Å². The molecule has 2 atom stereocenters. The molecule has 0 bridgehead atoms. The molecule has 2 aromatic carbocycles. The van der Waals surface area contributed by atoms with Crippen molar-refractivity contribution in [3.05, 3.63) is 76.0 Å². The van der Waals surface area contributed by atoms with Gasteiger partial charge in [-0.25, -0.2) is 4.79 Å². The summed E-state index contributed by atoms with van der Waals surface area (Å²) in [7, 11) is 0. The summed E-state index contributed by atoms with van der Waals surface area (Å²) >= 11 is 1.63. The topological polar surface area (TPSA) is 139 Å². The number of anilines is 2. The summed E-state index contributed by atoms with van der Waals surface area (Å²) in [5.41, 5.74) is 2.92. The minimum absolute atomic E-state index is 0.0379. The summed E-state index contributed by atoms with van der Waals surface area (Å²) in [6, 6.07) is 17.4. The molecule has 0 saturated carbocycles. The second-order valence-corrected chi connectivity index (χ2v) is 10.9. The van der Waals surface area contributed by atoms with Gasteiger partial charge in [0.15, 0.2) is 5.82 Å². The van der Waals surface area contributed by atoms with Crippen molar-refractivity contribution in [2.45, 2.75) is 38.5 Å². The first-order chi connectivity index (χ1) is 20.5. The number of fused-ring (bicyclic) bond motifs is 1. The monoisotopic (exact) mass is 616 g/mol. The Labute approximate surface area is 249 Å². The van der Waals surface area contributed by atoms with Crippen LogP contribution in [0.5, 0.6) is 0 Å². The second-order valence-electron chi connectivity index (χ2n) is 9.89. The van der Waals surface area contributed by atoms with Crippen molar-refractivity contribution in [2.75, 3.05) is 29.9 Å². The molecule has 1 aliphatic rings. The molecule has 4 aromatic rings. The number of rotatable bonds is 7. The van der Waals surface area contributed by atoms with Gasteiger partial charge in [-0.1, -0.05) is 13.0 Å². The highest BCUT2D eigenvalue weighted by Crippen LogP contribution is 2.25. The van der Waals surface area contributed by atoms with Gasteiger partial charge in [0.05, 0.1) is 11.6 Å². The van der Waals surface area contributed by atoms with Gasteiger partial charge in [0, 0.05) is 52.8 Å². The number of carboxylic acid groups (broad SMARTS) is 1. The zero-order valence-electron chi connectivity index (χ0n) is 23.4. The SMILES string of the molecule is CCC(NC(=O)c1ccc2[nH]nc(NC(=O)c3ccc(N4CCN[C@@H](C)C4)cc3)c2c1)c1cccs1.O=C(O)C(F)(F)F. The largest absolute Gasteiger partial charge is 0.490 e. The van der Waals surface area contributed by atoms with Gasteiger partial charge in [-0.3, -0.25) is 14.7 Å². The third-order valence-electron chi connectivity index (χ3n) is 6.76. The highest BCUT2D eigenvalue weighted by molar-refractivity contribution is 7.10. The van der Waals surface area contributed by atoms with Crippen molar-refractivity contribution in [3.63, 3.8) is 0 Å². The number of carboxylic acids is 1. The number of aromatic nitrogens is 2. The van der Waals surface area contributed by atoms with Crippen molar-refractivity contribution >= 4 is 51.5 Å². The van der Waals surface area contributed by atoms with E-state index in [-0.39, 0.29) is 17.9 Å². The summed E-state index contributed by atoms with van der Waals surface area (Å²) < 4.78 is 31.7. The van der Waals surface area contributed by atoms with E-state index in [4.69, 9.17) is 9.90 Å². The Morgan fingerprint density at radius 3 is 2.42 bits per heavy atom. The van der Waals surface area contributed by atoms with E-state index in [1.165, 1.54) is 0 Å². The highest BCUT2D eigenvalue weighted by Gasteiger charge is 2.38. The highest BCUT2D eigenvalue weighted by atomic mass is 32.1. The molecule has 228 valence electrons. The molecule has 0 radical (unpaired) electrons. The van der Waals surface area contributed by atoms with Crippen molar-refractivity contribution in [3.8, 4) is 0 Å². The van der Waals surface area contributed by atoms with Crippen LogP contribution in [0.2, 0.25) is 0 Å². The molecule has 5 rings (SSSR count). The second kappa shape index (κ2) is 13.7. The van der Waals surface area contributed by atoms with Gasteiger partial charge in [0.25, 0.3) is 11.8 Å². The fraction of sp³-hybridized carbons (Fsp3) is 0.310. The molecule has 3 heterocycles. The molecule has 1 aliphatic heterocycles. The van der Waals surface area contributed by atoms with Gasteiger partial charge >= 0.3 is 12.1 Å². The number of thiophene rings is 1. The predicted molar refractivity (Wildman–Crippen MR) is 159 cm³/mol. The summed E-state index contributed by atoms with van der Waals surface area (Å²) in [6.07, 6.45) is -4.28. The number of nitrogens with zero attached hydrogens (tertiary/aromatic N) is 2. The number of hydrogen-bond donors (Lipinski definition) is 5. The maximum Gasteiger partial charge on any atom is 0.490 e. The standard InChI is InChI=1S/C27H30N6O2S.C2HF3O2/c1-3-22(24-5-4-14-36-24)29-27(35)19-8-11-23-21(15-19)25(32-31-23)30-26(34)18-6-9-20(10-7-18)33-13-12-28-17(2)16-33;3-2(4,5)1(6)7/h4-11,14-15,17,22,28H,3,12-13,16H2,1-2H3,(H,29,35)(H2,30,31,32,34);(H,6,7)/t17-,22?;/m0./s1. The first-order valence-corrected chi connectivity index (χ1v) is 14.4. The summed E-state index contributed by atoms with van der Waals surface area (Å²) in [4.78, 5) is 38.3. The van der Waals surface area contributed by atoms with Crippen molar-refractivity contribution < 1.29 is 32.7 Å². The Hall–Kier alpha value is -4.43. The molecule has 2 amide bonds. The van der Waals surface area contributed by atoms with Crippen LogP contribution in [0.1, 0.15) is 51.9 Å². The van der Waals surface area contributed by atoms with Crippen LogP contribution in [0.4, 0.5) is 24.7 Å². The van der Waals surface area contributed by atoms with E-state index in [2.05, 4.69) is 38.0 Å². The Morgan fingerprint density at radius 2 is 1.81 bits per heavy atom. The number of aliphatic carboxylic acids is 1. The average molecular weight is 617 g/mol. The number of hydrogen-bond acceptors (Lipinski definition) is 7. The number of aromatic amines is 1. The van der Waals surface area contributed by atoms with Crippen LogP contribution < -0.4 is 20.9 Å². The molecule has 10 nitrogen and oxygen atoms in total. The van der Waals surface area contributed by atoms with E-state index in [0.717, 1.165) is 42.1 Å². The fourth-order valence-corrected chi connectivity index (χ4v) is 5.39. The number of piperazine rings is 1. The van der Waals surface area contributed by atoms with Crippen LogP contribution in [-0.2, 0) is 4.79 Å². The van der Waals surface area contributed by atoms with Gasteiger partial charge in [-0.15, -0.1) is 11.3 Å². The minimum Gasteiger partial charge on any atom is -0.475 e. The molecule has 0 aliphatic carbocycles. The van der Waals surface area contributed by atoms with Gasteiger partial charge < -0.3 is 26.0 Å². The summed E-state index contributed by atoms with van der Waals surface area (Å²) in [6.45, 7) is 7.05. The molecule has 14 heteroatoms. The molecule has 1 fully saturated rings. The number of halogens is 3. The van der Waals surface area contributed by atoms with Crippen LogP contribution in [0.25, 0.3) is 10.9 Å². The number of nitrogens with one attached hydrogen (secondary N) is 4. The number of carbonyl (C=O) groups is 3. The number of amides is 2. The Morgan fingerprint density at radius 1 is 1.12 bits per heavy atom. The van der Waals surface area contributed by atoms with E-state index in [0.29, 0.717) is 28.4 Å². The van der Waals surface area contributed by atoms with Crippen LogP contribution in [0, 0.1) is 0 Å². The number of carbonyl (C=O) groups excluding carboxylic acids is 2. The summed E-state index contributed by atoms with van der Waals surface area (Å²) in [5.74, 6) is -2.77.